The van der Waals surface area contributed by atoms with Crippen molar-refractivity contribution in [2.45, 2.75) is 76.7 Å². The molecule has 2 aromatic heterocycles. The molecule has 2 saturated heterocycles. The fourth-order valence-corrected chi connectivity index (χ4v) is 10.7. The number of halogens is 7. The third-order valence-electron chi connectivity index (χ3n) is 11.7. The molecule has 74 heavy (non-hydrogen) atoms. The highest BCUT2D eigenvalue weighted by Crippen LogP contribution is 2.39. The monoisotopic (exact) mass is 1100 g/mol. The number of carboxylic acids is 1. The van der Waals surface area contributed by atoms with Crippen LogP contribution in [0.5, 0.6) is 0 Å². The molecule has 3 N–H and O–H groups in total. The Morgan fingerprint density at radius 3 is 1.70 bits per heavy atom. The number of nitriles is 2. The van der Waals surface area contributed by atoms with Crippen molar-refractivity contribution in [2.75, 3.05) is 42.6 Å². The van der Waals surface area contributed by atoms with E-state index < -0.39 is 96.3 Å². The number of hydrogen-bond acceptors (Lipinski definition) is 15. The van der Waals surface area contributed by atoms with Gasteiger partial charge in [0.25, 0.3) is 0 Å². The number of aromatic carboxylic acids is 1. The Morgan fingerprint density at radius 2 is 1.26 bits per heavy atom. The van der Waals surface area contributed by atoms with Gasteiger partial charge < -0.3 is 19.6 Å². The van der Waals surface area contributed by atoms with Gasteiger partial charge in [0.15, 0.2) is 11.4 Å². The Kier molecular flexibility index (Phi) is 18.7. The van der Waals surface area contributed by atoms with E-state index in [1.165, 1.54) is 47.9 Å². The van der Waals surface area contributed by atoms with Crippen LogP contribution in [0.4, 0.5) is 38.0 Å². The minimum atomic E-state index is -5.07. The van der Waals surface area contributed by atoms with Gasteiger partial charge in [-0.2, -0.15) is 36.9 Å². The molecule has 27 heteroatoms. The predicted octanol–water partition coefficient (Wildman–Crippen LogP) is 7.07. The molecule has 2 fully saturated rings. The lowest BCUT2D eigenvalue weighted by Gasteiger charge is -2.33. The zero-order chi connectivity index (χ0) is 54.9. The van der Waals surface area contributed by atoms with Gasteiger partial charge in [-0.3, -0.25) is 19.0 Å². The molecule has 4 aromatic rings. The fraction of sp³-hybridized carbons (Fsp3) is 0.404. The number of sulfonamides is 2. The lowest BCUT2D eigenvalue weighted by Crippen LogP contribution is -2.43. The highest BCUT2D eigenvalue weighted by molar-refractivity contribution is 7.89. The Labute approximate surface area is 426 Å². The summed E-state index contributed by atoms with van der Waals surface area (Å²) in [6, 6.07) is 17.3. The standard InChI is InChI=1S/C24H25F3N4O5S.C23H22ClF3N4O5S/c1-3-17-18(12-28)21(29-20(24(25,26)27)19(17)23(33)34)31-9-7-16(8-10-31)22(32)30-37(35,36)13-15-6-4-5-14(2)11-15;1-2-36-22(33)18-11-16(12-28)20(29-19(18)23(25,26)27)31-9-7-15(8-10-31)21(32)30-37(34,35)13-14-3-5-17(24)6-4-14/h4-6,11,16H,3,7-10,13H2,1-2H3,(H,30,32)(H,33,34);3-6,11,15H,2,7-10,13H2,1H3,(H,30,32). The van der Waals surface area contributed by atoms with E-state index in [1.807, 2.05) is 17.7 Å². The van der Waals surface area contributed by atoms with E-state index in [4.69, 9.17) is 11.6 Å². The fourth-order valence-electron chi connectivity index (χ4n) is 8.24. The Hall–Kier alpha value is -7.03. The molecule has 0 atom stereocenters. The van der Waals surface area contributed by atoms with Crippen molar-refractivity contribution in [3.05, 3.63) is 116 Å². The summed E-state index contributed by atoms with van der Waals surface area (Å²) in [4.78, 5) is 58.8. The number of ether oxygens (including phenoxy) is 1. The summed E-state index contributed by atoms with van der Waals surface area (Å²) >= 11 is 5.79. The van der Waals surface area contributed by atoms with Crippen LogP contribution in [0, 0.1) is 41.4 Å². The molecule has 0 spiro atoms. The second-order valence-corrected chi connectivity index (χ2v) is 20.8. The first-order valence-electron chi connectivity index (χ1n) is 22.5. The largest absolute Gasteiger partial charge is 0.478 e. The molecule has 0 unspecified atom stereocenters. The summed E-state index contributed by atoms with van der Waals surface area (Å²) in [7, 11) is -7.96. The predicted molar refractivity (Wildman–Crippen MR) is 254 cm³/mol. The molecule has 2 aliphatic rings. The average molecular weight is 1100 g/mol. The van der Waals surface area contributed by atoms with Crippen molar-refractivity contribution in [3.8, 4) is 12.1 Å². The summed E-state index contributed by atoms with van der Waals surface area (Å²) < 4.78 is 141. The van der Waals surface area contributed by atoms with Gasteiger partial charge in [0.1, 0.15) is 23.8 Å². The van der Waals surface area contributed by atoms with Crippen molar-refractivity contribution in [1.82, 2.24) is 19.4 Å². The highest BCUT2D eigenvalue weighted by Gasteiger charge is 2.43. The number of alkyl halides is 6. The van der Waals surface area contributed by atoms with Crippen LogP contribution in [-0.2, 0) is 64.7 Å². The zero-order valence-electron chi connectivity index (χ0n) is 39.6. The maximum absolute atomic E-state index is 13.7. The third-order valence-corrected chi connectivity index (χ3v) is 14.4. The zero-order valence-corrected chi connectivity index (χ0v) is 42.0. The number of amides is 2. The molecule has 0 radical (unpaired) electrons. The maximum atomic E-state index is 13.7. The van der Waals surface area contributed by atoms with E-state index >= 15 is 0 Å². The van der Waals surface area contributed by atoms with Crippen molar-refractivity contribution in [1.29, 1.82) is 10.5 Å². The second kappa shape index (κ2) is 23.9. The van der Waals surface area contributed by atoms with Crippen LogP contribution < -0.4 is 19.2 Å². The van der Waals surface area contributed by atoms with Crippen molar-refractivity contribution in [3.63, 3.8) is 0 Å². The van der Waals surface area contributed by atoms with Gasteiger partial charge >= 0.3 is 24.3 Å². The minimum Gasteiger partial charge on any atom is -0.478 e. The number of nitrogens with one attached hydrogen (secondary N) is 2. The minimum absolute atomic E-state index is 0.0184. The van der Waals surface area contributed by atoms with Gasteiger partial charge in [0.2, 0.25) is 31.9 Å². The highest BCUT2D eigenvalue weighted by atomic mass is 35.5. The van der Waals surface area contributed by atoms with Crippen molar-refractivity contribution < 1.29 is 72.2 Å². The number of nitrogens with zero attached hydrogens (tertiary/aromatic N) is 6. The summed E-state index contributed by atoms with van der Waals surface area (Å²) in [6.45, 7) is 4.63. The summed E-state index contributed by atoms with van der Waals surface area (Å²) in [6.07, 6.45) is -9.78. The number of rotatable bonds is 14. The molecule has 2 amide bonds. The van der Waals surface area contributed by atoms with Crippen LogP contribution in [0.3, 0.4) is 0 Å². The quantitative estimate of drug-likeness (QED) is 0.0842. The van der Waals surface area contributed by atoms with E-state index in [0.29, 0.717) is 16.1 Å². The van der Waals surface area contributed by atoms with Crippen LogP contribution in [-0.4, -0.2) is 88.4 Å². The van der Waals surface area contributed by atoms with Gasteiger partial charge in [0, 0.05) is 43.0 Å². The Morgan fingerprint density at radius 1 is 0.757 bits per heavy atom. The average Bonchev–Trinajstić information content (AvgIpc) is 3.32. The maximum Gasteiger partial charge on any atom is 0.434 e. The van der Waals surface area contributed by atoms with Gasteiger partial charge in [-0.25, -0.2) is 36.4 Å². The lowest BCUT2D eigenvalue weighted by atomic mass is 9.94. The normalized spacial score (nSPS) is 14.7. The molecule has 0 aliphatic carbocycles. The molecule has 4 heterocycles. The number of aryl methyl sites for hydroxylation is 1. The van der Waals surface area contributed by atoms with Crippen molar-refractivity contribution in [2.24, 2.45) is 11.8 Å². The molecule has 0 bridgehead atoms. The topological polar surface area (TPSA) is 270 Å². The molecular formula is C47H47ClF6N8O10S2. The second-order valence-electron chi connectivity index (χ2n) is 17.0. The van der Waals surface area contributed by atoms with E-state index in [1.54, 1.807) is 30.3 Å². The van der Waals surface area contributed by atoms with E-state index in [2.05, 4.69) is 19.4 Å². The number of carbonyl (C=O) groups is 4. The number of anilines is 2. The molecular weight excluding hydrogens is 1050 g/mol. The summed E-state index contributed by atoms with van der Waals surface area (Å²) in [5.41, 5.74) is -3.97. The lowest BCUT2D eigenvalue weighted by molar-refractivity contribution is -0.142. The molecule has 6 rings (SSSR count). The van der Waals surface area contributed by atoms with Crippen LogP contribution >= 0.6 is 11.6 Å². The molecule has 18 nitrogen and oxygen atoms in total. The number of aromatic nitrogens is 2. The first kappa shape index (κ1) is 57.9. The van der Waals surface area contributed by atoms with Crippen LogP contribution in [0.15, 0.2) is 54.6 Å². The Bertz CT molecular complexity index is 3100. The number of carboxylic acid groups (broad SMARTS) is 1. The molecule has 2 aliphatic heterocycles. The van der Waals surface area contributed by atoms with Gasteiger partial charge in [-0.05, 0) is 80.8 Å². The van der Waals surface area contributed by atoms with E-state index in [0.717, 1.165) is 11.6 Å². The van der Waals surface area contributed by atoms with Crippen LogP contribution in [0.25, 0.3) is 0 Å². The molecule has 396 valence electrons. The van der Waals surface area contributed by atoms with Crippen LogP contribution in [0.1, 0.15) is 105 Å². The summed E-state index contributed by atoms with van der Waals surface area (Å²) in [5, 5.41) is 29.0. The SMILES string of the molecule is CCOC(=O)c1cc(C#N)c(N2CCC(C(=O)NS(=O)(=O)Cc3ccc(Cl)cc3)CC2)nc1C(F)(F)F.CCc1c(C#N)c(N2CCC(C(=O)NS(=O)(=O)Cc3cccc(C)c3)CC2)nc(C(F)(F)F)c1C(=O)O. The van der Waals surface area contributed by atoms with Gasteiger partial charge in [-0.15, -0.1) is 0 Å². The van der Waals surface area contributed by atoms with Crippen molar-refractivity contribution >= 4 is 67.0 Å². The first-order valence-corrected chi connectivity index (χ1v) is 26.1. The Balaban J connectivity index is 0.000000274. The van der Waals surface area contributed by atoms with Gasteiger partial charge in [0.05, 0.1) is 40.4 Å². The first-order chi connectivity index (χ1) is 34.6. The number of piperidine rings is 2. The number of esters is 1. The number of pyridine rings is 2. The number of carbonyl (C=O) groups excluding carboxylic acids is 3. The van der Waals surface area contributed by atoms with Gasteiger partial charge in [-0.1, -0.05) is 60.5 Å². The molecule has 0 saturated carbocycles. The van der Waals surface area contributed by atoms with Crippen LogP contribution in [0.2, 0.25) is 5.02 Å². The molecule has 2 aromatic carbocycles. The van der Waals surface area contributed by atoms with E-state index in [-0.39, 0.29) is 99.0 Å². The van der Waals surface area contributed by atoms with E-state index in [9.17, 15) is 78.0 Å². The smallest absolute Gasteiger partial charge is 0.434 e. The third kappa shape index (κ3) is 14.8. The number of hydrogen-bond donors (Lipinski definition) is 3. The summed E-state index contributed by atoms with van der Waals surface area (Å²) in [5.74, 6) is -7.37. The number of benzene rings is 2.